The van der Waals surface area contributed by atoms with Crippen molar-refractivity contribution in [3.05, 3.63) is 24.3 Å². The quantitative estimate of drug-likeness (QED) is 0.471. The van der Waals surface area contributed by atoms with Gasteiger partial charge >= 0.3 is 47.8 Å². The molecule has 0 N–H and O–H groups in total. The van der Waals surface area contributed by atoms with Gasteiger partial charge in [0.25, 0.3) is 0 Å². The fourth-order valence-electron chi connectivity index (χ4n) is 0.453. The number of hydrogen-bond acceptors (Lipinski definition) is 2. The van der Waals surface area contributed by atoms with Gasteiger partial charge in [0, 0.05) is 9.79 Å². The summed E-state index contributed by atoms with van der Waals surface area (Å²) in [5.74, 6) is 0. The summed E-state index contributed by atoms with van der Waals surface area (Å²) in [6.07, 6.45) is 0. The molecule has 1 rings (SSSR count). The Labute approximate surface area is 106 Å². The molecule has 0 aromatic heterocycles. The molecule has 0 aliphatic rings. The van der Waals surface area contributed by atoms with Crippen LogP contribution in [0.2, 0.25) is 0 Å². The average Bonchev–Trinajstić information content (AvgIpc) is 1.77. The summed E-state index contributed by atoms with van der Waals surface area (Å²) < 4.78 is 0. The Balaban J connectivity index is 0. The molecule has 1 aromatic carbocycles. The summed E-state index contributed by atoms with van der Waals surface area (Å²) in [7, 11) is 0. The van der Waals surface area contributed by atoms with Crippen LogP contribution in [0, 0.1) is 0 Å². The topological polar surface area (TPSA) is 0 Å². The Morgan fingerprint density at radius 2 is 0.900 bits per heavy atom. The number of rotatable bonds is 0. The van der Waals surface area contributed by atoms with Crippen molar-refractivity contribution >= 4 is 73.1 Å². The summed E-state index contributed by atoms with van der Waals surface area (Å²) in [4.78, 5) is 1.95. The van der Waals surface area contributed by atoms with E-state index in [0.29, 0.717) is 0 Å². The minimum absolute atomic E-state index is 0. The van der Waals surface area contributed by atoms with Crippen LogP contribution in [0.5, 0.6) is 0 Å². The molecule has 4 radical (unpaired) electrons. The zero-order valence-electron chi connectivity index (χ0n) is 5.62. The van der Waals surface area contributed by atoms with Crippen LogP contribution in [-0.2, 0) is 0 Å². The summed E-state index contributed by atoms with van der Waals surface area (Å²) in [6, 6.07) is 7.63. The van der Waals surface area contributed by atoms with Crippen molar-refractivity contribution < 1.29 is 0 Å². The minimum atomic E-state index is 0. The molecule has 0 amide bonds. The first-order valence-corrected chi connectivity index (χ1v) is 3.16. The number of hydrogen-bond donors (Lipinski definition) is 2. The summed E-state index contributed by atoms with van der Waals surface area (Å²) in [6.45, 7) is 0. The van der Waals surface area contributed by atoms with Crippen molar-refractivity contribution in [2.24, 2.45) is 0 Å². The van der Waals surface area contributed by atoms with Crippen LogP contribution in [-0.4, -0.2) is 47.8 Å². The molecular weight excluding hydrogens is 374 g/mol. The van der Waals surface area contributed by atoms with Gasteiger partial charge < -0.3 is 0 Å². The van der Waals surface area contributed by atoms with Gasteiger partial charge in [-0.1, -0.05) is 0 Å². The summed E-state index contributed by atoms with van der Waals surface area (Å²) in [5, 5.41) is 0. The van der Waals surface area contributed by atoms with E-state index in [1.807, 2.05) is 24.3 Å². The second-order valence-corrected chi connectivity index (χ2v) is 2.55. The Kier molecular flexibility index (Phi) is 10.1. The molecule has 10 heavy (non-hydrogen) atoms. The third kappa shape index (κ3) is 5.21. The molecule has 0 aliphatic carbocycles. The first-order chi connectivity index (χ1) is 3.79. The predicted molar refractivity (Wildman–Crippen MR) is 58.0 cm³/mol. The third-order valence-corrected chi connectivity index (χ3v) is 1.45. The van der Waals surface area contributed by atoms with Gasteiger partial charge in [-0.3, -0.25) is 0 Å². The molecule has 1 aromatic rings. The second-order valence-electron chi connectivity index (χ2n) is 1.52. The first kappa shape index (κ1) is 14.1. The van der Waals surface area contributed by atoms with Gasteiger partial charge in [-0.05, 0) is 24.3 Å². The Bertz CT molecular complexity index is 153. The van der Waals surface area contributed by atoms with Gasteiger partial charge in [0.2, 0.25) is 0 Å². The fourth-order valence-corrected chi connectivity index (χ4v) is 0.751. The van der Waals surface area contributed by atoms with E-state index in [1.165, 1.54) is 0 Å². The van der Waals surface area contributed by atoms with Crippen molar-refractivity contribution in [1.29, 1.82) is 0 Å². The maximum absolute atomic E-state index is 4.10. The average molecular weight is 384 g/mol. The fraction of sp³-hybridized carbons (Fsp3) is 0. The van der Waals surface area contributed by atoms with E-state index in [4.69, 9.17) is 0 Å². The van der Waals surface area contributed by atoms with Crippen LogP contribution < -0.4 is 0 Å². The molecule has 0 fully saturated rings. The van der Waals surface area contributed by atoms with E-state index >= 15 is 0 Å². The van der Waals surface area contributed by atoms with E-state index in [9.17, 15) is 0 Å². The van der Waals surface area contributed by atoms with Crippen molar-refractivity contribution in [2.45, 2.75) is 9.79 Å². The van der Waals surface area contributed by atoms with Crippen LogP contribution in [0.4, 0.5) is 0 Å². The number of thiol groups is 2. The van der Waals surface area contributed by atoms with Crippen molar-refractivity contribution in [3.8, 4) is 0 Å². The van der Waals surface area contributed by atoms with Gasteiger partial charge in [-0.25, -0.2) is 0 Å². The van der Waals surface area contributed by atoms with Crippen LogP contribution in [0.1, 0.15) is 0 Å². The molecule has 0 unspecified atom stereocenters. The van der Waals surface area contributed by atoms with Crippen molar-refractivity contribution in [3.63, 3.8) is 0 Å². The van der Waals surface area contributed by atoms with E-state index in [-0.39, 0.29) is 47.8 Å². The third-order valence-electron chi connectivity index (χ3n) is 0.850. The second kappa shape index (κ2) is 7.18. The van der Waals surface area contributed by atoms with Crippen molar-refractivity contribution in [1.82, 2.24) is 0 Å². The molecule has 0 nitrogen and oxygen atoms in total. The van der Waals surface area contributed by atoms with Crippen LogP contribution >= 0.6 is 25.3 Å². The molecule has 0 bridgehead atoms. The SMILES string of the molecule is Sc1ccc(S)cc1.[SnH2].[SnH2]. The molecular formula is C6H10S2Sn2. The van der Waals surface area contributed by atoms with Gasteiger partial charge in [-0.2, -0.15) is 0 Å². The maximum atomic E-state index is 4.10. The Morgan fingerprint density at radius 3 is 1.10 bits per heavy atom. The summed E-state index contributed by atoms with van der Waals surface area (Å²) in [5.41, 5.74) is 0. The standard InChI is InChI=1S/C6H6S2.2Sn.4H/c7-5-1-2-6(8)4-3-5;;;;;;/h1-4,7-8H;;;;;;. The van der Waals surface area contributed by atoms with E-state index in [0.717, 1.165) is 9.79 Å². The Morgan fingerprint density at radius 1 is 0.700 bits per heavy atom. The van der Waals surface area contributed by atoms with Gasteiger partial charge in [0.1, 0.15) is 0 Å². The van der Waals surface area contributed by atoms with Gasteiger partial charge in [0.15, 0.2) is 0 Å². The van der Waals surface area contributed by atoms with Crippen LogP contribution in [0.25, 0.3) is 0 Å². The van der Waals surface area contributed by atoms with Crippen LogP contribution in [0.15, 0.2) is 34.1 Å². The van der Waals surface area contributed by atoms with E-state index in [1.54, 1.807) is 0 Å². The predicted octanol–water partition coefficient (Wildman–Crippen LogP) is 0.432. The zero-order valence-corrected chi connectivity index (χ0v) is 15.5. The Hall–Kier alpha value is 1.52. The molecule has 54 valence electrons. The molecule has 0 saturated carbocycles. The normalized spacial score (nSPS) is 7.40. The zero-order chi connectivity index (χ0) is 5.98. The van der Waals surface area contributed by atoms with E-state index < -0.39 is 0 Å². The van der Waals surface area contributed by atoms with Gasteiger partial charge in [-0.15, -0.1) is 25.3 Å². The molecule has 4 heteroatoms. The first-order valence-electron chi connectivity index (χ1n) is 2.27. The van der Waals surface area contributed by atoms with Crippen molar-refractivity contribution in [2.75, 3.05) is 0 Å². The molecule has 0 spiro atoms. The molecule has 0 atom stereocenters. The molecule has 0 saturated heterocycles. The van der Waals surface area contributed by atoms with Crippen LogP contribution in [0.3, 0.4) is 0 Å². The van der Waals surface area contributed by atoms with E-state index in [2.05, 4.69) is 25.3 Å². The number of benzene rings is 1. The summed E-state index contributed by atoms with van der Waals surface area (Å²) >= 11 is 8.20. The molecule has 0 aliphatic heterocycles. The monoisotopic (exact) mass is 386 g/mol. The molecule has 0 heterocycles. The van der Waals surface area contributed by atoms with Gasteiger partial charge in [0.05, 0.1) is 0 Å².